The molecule has 3 atom stereocenters. The number of rotatable bonds is 2. The summed E-state index contributed by atoms with van der Waals surface area (Å²) in [6, 6.07) is 1.73. The Morgan fingerprint density at radius 2 is 1.85 bits per heavy atom. The largest absolute Gasteiger partial charge is 0.298 e. The van der Waals surface area contributed by atoms with Gasteiger partial charge in [0.05, 0.1) is 0 Å². The van der Waals surface area contributed by atoms with Crippen LogP contribution in [-0.4, -0.2) is 23.5 Å². The van der Waals surface area contributed by atoms with Crippen molar-refractivity contribution in [3.05, 3.63) is 0 Å². The maximum atomic E-state index is 2.71. The Labute approximate surface area is 82.5 Å². The Hall–Kier alpha value is -0.0400. The number of likely N-dealkylation sites (tertiary alicyclic amines) is 1. The third-order valence-electron chi connectivity index (χ3n) is 4.02. The van der Waals surface area contributed by atoms with E-state index in [0.29, 0.717) is 0 Å². The maximum absolute atomic E-state index is 2.71. The summed E-state index contributed by atoms with van der Waals surface area (Å²) in [5, 5.41) is 0. The first kappa shape index (κ1) is 9.51. The predicted molar refractivity (Wildman–Crippen MR) is 56.7 cm³/mol. The van der Waals surface area contributed by atoms with Crippen LogP contribution in [0, 0.1) is 17.8 Å². The van der Waals surface area contributed by atoms with Crippen LogP contribution in [0.3, 0.4) is 0 Å². The van der Waals surface area contributed by atoms with Gasteiger partial charge in [-0.1, -0.05) is 13.8 Å². The summed E-state index contributed by atoms with van der Waals surface area (Å²) in [6.07, 6.45) is 2.93. The average Bonchev–Trinajstić information content (AvgIpc) is 2.79. The van der Waals surface area contributed by atoms with Crippen molar-refractivity contribution in [1.82, 2.24) is 4.90 Å². The lowest BCUT2D eigenvalue weighted by Gasteiger charge is -2.35. The van der Waals surface area contributed by atoms with Gasteiger partial charge in [-0.05, 0) is 51.0 Å². The van der Waals surface area contributed by atoms with Gasteiger partial charge in [-0.25, -0.2) is 0 Å². The van der Waals surface area contributed by atoms with Crippen molar-refractivity contribution in [3.8, 4) is 0 Å². The summed E-state index contributed by atoms with van der Waals surface area (Å²) in [7, 11) is 0. The molecule has 1 aliphatic carbocycles. The van der Waals surface area contributed by atoms with E-state index in [1.807, 2.05) is 0 Å². The number of nitrogens with zero attached hydrogens (tertiary/aromatic N) is 1. The SMILES string of the molecule is CC(C)C1CCN(C(C)C)[C@H]2C[C@@H]12. The standard InChI is InChI=1S/C12H23N/c1-8(2)10-5-6-13(9(3)4)12-7-11(10)12/h8-12H,5-7H2,1-4H3/t10?,11-,12-/m0/s1. The van der Waals surface area contributed by atoms with Gasteiger partial charge in [-0.3, -0.25) is 4.90 Å². The molecule has 0 aromatic heterocycles. The topological polar surface area (TPSA) is 3.24 Å². The van der Waals surface area contributed by atoms with E-state index in [-0.39, 0.29) is 0 Å². The fourth-order valence-corrected chi connectivity index (χ4v) is 3.19. The average molecular weight is 181 g/mol. The Kier molecular flexibility index (Phi) is 2.39. The molecule has 1 heterocycles. The molecule has 1 aliphatic heterocycles. The van der Waals surface area contributed by atoms with Gasteiger partial charge < -0.3 is 0 Å². The molecule has 1 unspecified atom stereocenters. The maximum Gasteiger partial charge on any atom is 0.0133 e. The normalized spacial score (nSPS) is 39.7. The third-order valence-corrected chi connectivity index (χ3v) is 4.02. The first-order chi connectivity index (χ1) is 6.11. The van der Waals surface area contributed by atoms with Gasteiger partial charge >= 0.3 is 0 Å². The van der Waals surface area contributed by atoms with Crippen molar-refractivity contribution in [2.45, 2.75) is 52.6 Å². The first-order valence-corrected chi connectivity index (χ1v) is 5.87. The van der Waals surface area contributed by atoms with Gasteiger partial charge in [-0.2, -0.15) is 0 Å². The zero-order chi connectivity index (χ0) is 9.59. The second-order valence-corrected chi connectivity index (χ2v) is 5.50. The van der Waals surface area contributed by atoms with Crippen molar-refractivity contribution in [3.63, 3.8) is 0 Å². The second-order valence-electron chi connectivity index (χ2n) is 5.50. The minimum atomic E-state index is 0.767. The molecule has 1 saturated carbocycles. The van der Waals surface area contributed by atoms with Crippen LogP contribution in [0.1, 0.15) is 40.5 Å². The van der Waals surface area contributed by atoms with E-state index in [4.69, 9.17) is 0 Å². The molecule has 0 N–H and O–H groups in total. The van der Waals surface area contributed by atoms with Crippen molar-refractivity contribution in [2.75, 3.05) is 6.54 Å². The molecule has 76 valence electrons. The van der Waals surface area contributed by atoms with E-state index in [1.54, 1.807) is 0 Å². The van der Waals surface area contributed by atoms with Crippen molar-refractivity contribution >= 4 is 0 Å². The highest BCUT2D eigenvalue weighted by molar-refractivity contribution is 5.03. The molecule has 1 saturated heterocycles. The van der Waals surface area contributed by atoms with E-state index in [9.17, 15) is 0 Å². The Bertz CT molecular complexity index is 166. The third kappa shape index (κ3) is 1.63. The highest BCUT2D eigenvalue weighted by Crippen LogP contribution is 2.49. The molecule has 0 spiro atoms. The smallest absolute Gasteiger partial charge is 0.0133 e. The summed E-state index contributed by atoms with van der Waals surface area (Å²) in [5.74, 6) is 2.99. The fourth-order valence-electron chi connectivity index (χ4n) is 3.19. The van der Waals surface area contributed by atoms with Crippen molar-refractivity contribution in [2.24, 2.45) is 17.8 Å². The van der Waals surface area contributed by atoms with Gasteiger partial charge in [0.1, 0.15) is 0 Å². The minimum Gasteiger partial charge on any atom is -0.298 e. The molecule has 2 fully saturated rings. The van der Waals surface area contributed by atoms with Crippen LogP contribution < -0.4 is 0 Å². The molecule has 2 aliphatic rings. The van der Waals surface area contributed by atoms with E-state index in [2.05, 4.69) is 32.6 Å². The van der Waals surface area contributed by atoms with Gasteiger partial charge in [0.25, 0.3) is 0 Å². The molecule has 0 amide bonds. The highest BCUT2D eigenvalue weighted by Gasteiger charge is 2.50. The summed E-state index contributed by atoms with van der Waals surface area (Å²) >= 11 is 0. The lowest BCUT2D eigenvalue weighted by atomic mass is 9.85. The summed E-state index contributed by atoms with van der Waals surface area (Å²) in [5.41, 5.74) is 0. The van der Waals surface area contributed by atoms with Crippen LogP contribution in [0.15, 0.2) is 0 Å². The Balaban J connectivity index is 1.95. The van der Waals surface area contributed by atoms with E-state index in [1.165, 1.54) is 19.4 Å². The van der Waals surface area contributed by atoms with Crippen LogP contribution >= 0.6 is 0 Å². The number of fused-ring (bicyclic) bond motifs is 1. The molecule has 0 radical (unpaired) electrons. The monoisotopic (exact) mass is 181 g/mol. The molecule has 13 heavy (non-hydrogen) atoms. The number of hydrogen-bond acceptors (Lipinski definition) is 1. The van der Waals surface area contributed by atoms with Crippen LogP contribution in [0.25, 0.3) is 0 Å². The van der Waals surface area contributed by atoms with Crippen LogP contribution in [-0.2, 0) is 0 Å². The van der Waals surface area contributed by atoms with Gasteiger partial charge in [0.15, 0.2) is 0 Å². The summed E-state index contributed by atoms with van der Waals surface area (Å²) in [4.78, 5) is 2.71. The van der Waals surface area contributed by atoms with Crippen LogP contribution in [0.4, 0.5) is 0 Å². The lowest BCUT2D eigenvalue weighted by molar-refractivity contribution is 0.121. The van der Waals surface area contributed by atoms with Gasteiger partial charge in [0, 0.05) is 12.1 Å². The number of piperidine rings is 1. The predicted octanol–water partition coefficient (Wildman–Crippen LogP) is 2.76. The minimum absolute atomic E-state index is 0.767. The zero-order valence-corrected chi connectivity index (χ0v) is 9.46. The number of hydrogen-bond donors (Lipinski definition) is 0. The Morgan fingerprint density at radius 3 is 2.38 bits per heavy atom. The molecule has 2 rings (SSSR count). The van der Waals surface area contributed by atoms with Crippen molar-refractivity contribution < 1.29 is 0 Å². The second kappa shape index (κ2) is 3.27. The molecule has 1 heteroatoms. The van der Waals surface area contributed by atoms with Gasteiger partial charge in [0.2, 0.25) is 0 Å². The van der Waals surface area contributed by atoms with Gasteiger partial charge in [-0.15, -0.1) is 0 Å². The van der Waals surface area contributed by atoms with E-state index < -0.39 is 0 Å². The summed E-state index contributed by atoms with van der Waals surface area (Å²) in [6.45, 7) is 10.8. The first-order valence-electron chi connectivity index (χ1n) is 5.87. The molecule has 0 aromatic carbocycles. The fraction of sp³-hybridized carbons (Fsp3) is 1.00. The van der Waals surface area contributed by atoms with Crippen molar-refractivity contribution in [1.29, 1.82) is 0 Å². The highest BCUT2D eigenvalue weighted by atomic mass is 15.2. The lowest BCUT2D eigenvalue weighted by Crippen LogP contribution is -2.40. The molecule has 0 aromatic rings. The molecule has 1 nitrogen and oxygen atoms in total. The quantitative estimate of drug-likeness (QED) is 0.633. The van der Waals surface area contributed by atoms with Crippen LogP contribution in [0.2, 0.25) is 0 Å². The van der Waals surface area contributed by atoms with Crippen LogP contribution in [0.5, 0.6) is 0 Å². The molecule has 0 bridgehead atoms. The molecular weight excluding hydrogens is 158 g/mol. The Morgan fingerprint density at radius 1 is 1.15 bits per heavy atom. The summed E-state index contributed by atoms with van der Waals surface area (Å²) < 4.78 is 0. The van der Waals surface area contributed by atoms with E-state index in [0.717, 1.165) is 29.8 Å². The van der Waals surface area contributed by atoms with E-state index >= 15 is 0 Å². The zero-order valence-electron chi connectivity index (χ0n) is 9.46. The molecular formula is C12H23N.